The van der Waals surface area contributed by atoms with Gasteiger partial charge in [-0.3, -0.25) is 9.69 Å². The van der Waals surface area contributed by atoms with Crippen LogP contribution in [-0.4, -0.2) is 37.3 Å². The molecule has 1 aliphatic rings. The Morgan fingerprint density at radius 1 is 1.21 bits per heavy atom. The molecule has 0 saturated carbocycles. The van der Waals surface area contributed by atoms with E-state index < -0.39 is 0 Å². The minimum absolute atomic E-state index is 0.0163. The van der Waals surface area contributed by atoms with Crippen molar-refractivity contribution in [1.82, 2.24) is 24.3 Å². The van der Waals surface area contributed by atoms with Gasteiger partial charge in [0.25, 0.3) is 5.56 Å². The van der Waals surface area contributed by atoms with Crippen LogP contribution in [0.15, 0.2) is 29.3 Å². The largest absolute Gasteiger partial charge is 0.311 e. The molecule has 0 saturated heterocycles. The number of aryl methyl sites for hydroxylation is 2. The number of nitrogens with one attached hydrogen (secondary N) is 1. The van der Waals surface area contributed by atoms with Crippen molar-refractivity contribution < 1.29 is 0 Å². The average Bonchev–Trinajstić information content (AvgIpc) is 2.80. The second kappa shape index (κ2) is 5.87. The van der Waals surface area contributed by atoms with Crippen molar-refractivity contribution in [1.29, 1.82) is 0 Å². The molecule has 1 aliphatic heterocycles. The highest BCUT2D eigenvalue weighted by Gasteiger charge is 2.18. The maximum atomic E-state index is 12.1. The molecular formula is C18H21N5O. The lowest BCUT2D eigenvalue weighted by Crippen LogP contribution is -2.26. The number of rotatable bonds is 2. The lowest BCUT2D eigenvalue weighted by Gasteiger charge is -2.17. The van der Waals surface area contributed by atoms with Crippen LogP contribution in [0.3, 0.4) is 0 Å². The Labute approximate surface area is 140 Å². The fourth-order valence-electron chi connectivity index (χ4n) is 3.38. The quantitative estimate of drug-likeness (QED) is 0.778. The average molecular weight is 323 g/mol. The maximum absolute atomic E-state index is 12.1. The Morgan fingerprint density at radius 3 is 2.92 bits per heavy atom. The van der Waals surface area contributed by atoms with Crippen molar-refractivity contribution in [2.24, 2.45) is 0 Å². The fourth-order valence-corrected chi connectivity index (χ4v) is 3.38. The molecule has 3 aromatic rings. The second-order valence-electron chi connectivity index (χ2n) is 6.55. The van der Waals surface area contributed by atoms with E-state index in [1.165, 1.54) is 5.56 Å². The number of H-pyrrole nitrogens is 1. The van der Waals surface area contributed by atoms with E-state index in [2.05, 4.69) is 44.5 Å². The maximum Gasteiger partial charge on any atom is 0.254 e. The van der Waals surface area contributed by atoms with Crippen molar-refractivity contribution >= 4 is 5.65 Å². The van der Waals surface area contributed by atoms with Gasteiger partial charge in [0.15, 0.2) is 0 Å². The van der Waals surface area contributed by atoms with Crippen molar-refractivity contribution in [3.8, 4) is 0 Å². The molecule has 3 aromatic heterocycles. The van der Waals surface area contributed by atoms with Gasteiger partial charge in [-0.1, -0.05) is 0 Å². The third-order valence-electron chi connectivity index (χ3n) is 4.61. The van der Waals surface area contributed by atoms with Crippen LogP contribution in [0.1, 0.15) is 28.3 Å². The first kappa shape index (κ1) is 15.1. The summed E-state index contributed by atoms with van der Waals surface area (Å²) in [7, 11) is 0. The summed E-state index contributed by atoms with van der Waals surface area (Å²) < 4.78 is 2.06. The van der Waals surface area contributed by atoms with Crippen LogP contribution >= 0.6 is 0 Å². The number of fused-ring (bicyclic) bond motifs is 2. The highest BCUT2D eigenvalue weighted by molar-refractivity contribution is 5.42. The molecule has 0 unspecified atom stereocenters. The highest BCUT2D eigenvalue weighted by atomic mass is 16.1. The van der Waals surface area contributed by atoms with E-state index in [9.17, 15) is 4.79 Å². The number of pyridine rings is 1. The van der Waals surface area contributed by atoms with Crippen LogP contribution in [0.4, 0.5) is 0 Å². The zero-order chi connectivity index (χ0) is 16.7. The minimum atomic E-state index is 0.0163. The SMILES string of the molecule is Cc1ccn2cc(CN3CCc4nc(C)[nH]c(=O)c4CC3)nc2c1. The Balaban J connectivity index is 1.54. The van der Waals surface area contributed by atoms with Crippen LogP contribution in [0, 0.1) is 13.8 Å². The first-order valence-corrected chi connectivity index (χ1v) is 8.34. The van der Waals surface area contributed by atoms with Gasteiger partial charge in [0, 0.05) is 44.0 Å². The Hall–Kier alpha value is -2.47. The summed E-state index contributed by atoms with van der Waals surface area (Å²) in [5.74, 6) is 0.697. The number of aromatic amines is 1. The third kappa shape index (κ3) is 2.85. The van der Waals surface area contributed by atoms with Crippen LogP contribution < -0.4 is 5.56 Å². The molecule has 0 spiro atoms. The summed E-state index contributed by atoms with van der Waals surface area (Å²) in [4.78, 5) is 26.5. The van der Waals surface area contributed by atoms with Gasteiger partial charge >= 0.3 is 0 Å². The standard InChI is InChI=1S/C18H21N5O/c1-12-3-8-23-11-14(21-17(23)9-12)10-22-6-4-15-16(5-7-22)19-13(2)20-18(15)24/h3,8-9,11H,4-7,10H2,1-2H3,(H,19,20,24). The zero-order valence-corrected chi connectivity index (χ0v) is 14.0. The number of aromatic nitrogens is 4. The van der Waals surface area contributed by atoms with E-state index in [0.29, 0.717) is 5.82 Å². The lowest BCUT2D eigenvalue weighted by atomic mass is 10.1. The molecule has 124 valence electrons. The summed E-state index contributed by atoms with van der Waals surface area (Å²) in [5.41, 5.74) is 5.06. The van der Waals surface area contributed by atoms with Crippen molar-refractivity contribution in [2.75, 3.05) is 13.1 Å². The molecule has 1 N–H and O–H groups in total. The number of hydrogen-bond donors (Lipinski definition) is 1. The van der Waals surface area contributed by atoms with Gasteiger partial charge in [-0.05, 0) is 38.0 Å². The van der Waals surface area contributed by atoms with E-state index >= 15 is 0 Å². The van der Waals surface area contributed by atoms with Crippen LogP contribution in [-0.2, 0) is 19.4 Å². The summed E-state index contributed by atoms with van der Waals surface area (Å²) in [6.07, 6.45) is 5.69. The minimum Gasteiger partial charge on any atom is -0.311 e. The topological polar surface area (TPSA) is 66.3 Å². The van der Waals surface area contributed by atoms with Gasteiger partial charge in [0.05, 0.1) is 11.4 Å². The summed E-state index contributed by atoms with van der Waals surface area (Å²) in [6.45, 7) is 6.46. The lowest BCUT2D eigenvalue weighted by molar-refractivity contribution is 0.276. The second-order valence-corrected chi connectivity index (χ2v) is 6.55. The Kier molecular flexibility index (Phi) is 3.69. The van der Waals surface area contributed by atoms with Crippen LogP contribution in [0.5, 0.6) is 0 Å². The first-order valence-electron chi connectivity index (χ1n) is 8.34. The smallest absolute Gasteiger partial charge is 0.254 e. The van der Waals surface area contributed by atoms with E-state index in [-0.39, 0.29) is 5.56 Å². The number of nitrogens with zero attached hydrogens (tertiary/aromatic N) is 4. The van der Waals surface area contributed by atoms with Gasteiger partial charge in [-0.2, -0.15) is 0 Å². The van der Waals surface area contributed by atoms with Gasteiger partial charge < -0.3 is 9.38 Å². The van der Waals surface area contributed by atoms with E-state index in [1.807, 2.05) is 13.1 Å². The van der Waals surface area contributed by atoms with E-state index in [0.717, 1.165) is 55.1 Å². The van der Waals surface area contributed by atoms with Crippen molar-refractivity contribution in [3.05, 3.63) is 63.2 Å². The molecule has 0 aromatic carbocycles. The van der Waals surface area contributed by atoms with Crippen LogP contribution in [0.25, 0.3) is 5.65 Å². The predicted octanol–water partition coefficient (Wildman–Crippen LogP) is 1.64. The summed E-state index contributed by atoms with van der Waals surface area (Å²) in [5, 5.41) is 0. The molecule has 24 heavy (non-hydrogen) atoms. The number of hydrogen-bond acceptors (Lipinski definition) is 4. The number of imidazole rings is 1. The molecule has 4 heterocycles. The molecule has 0 amide bonds. The molecule has 0 fully saturated rings. The molecule has 6 nitrogen and oxygen atoms in total. The Morgan fingerprint density at radius 2 is 2.04 bits per heavy atom. The van der Waals surface area contributed by atoms with Gasteiger partial charge in [0.2, 0.25) is 0 Å². The first-order chi connectivity index (χ1) is 11.6. The normalized spacial score (nSPS) is 15.4. The Bertz CT molecular complexity index is 956. The monoisotopic (exact) mass is 323 g/mol. The molecule has 4 rings (SSSR count). The molecule has 0 bridgehead atoms. The molecule has 0 atom stereocenters. The summed E-state index contributed by atoms with van der Waals surface area (Å²) >= 11 is 0. The van der Waals surface area contributed by atoms with Gasteiger partial charge in [-0.25, -0.2) is 9.97 Å². The molecular weight excluding hydrogens is 302 g/mol. The van der Waals surface area contributed by atoms with Crippen LogP contribution in [0.2, 0.25) is 0 Å². The zero-order valence-electron chi connectivity index (χ0n) is 14.0. The van der Waals surface area contributed by atoms with Crippen molar-refractivity contribution in [3.63, 3.8) is 0 Å². The molecule has 0 aliphatic carbocycles. The van der Waals surface area contributed by atoms with E-state index in [4.69, 9.17) is 4.98 Å². The fraction of sp³-hybridized carbons (Fsp3) is 0.389. The summed E-state index contributed by atoms with van der Waals surface area (Å²) in [6, 6.07) is 4.18. The van der Waals surface area contributed by atoms with E-state index in [1.54, 1.807) is 0 Å². The molecule has 0 radical (unpaired) electrons. The predicted molar refractivity (Wildman–Crippen MR) is 92.2 cm³/mol. The molecule has 6 heteroatoms. The third-order valence-corrected chi connectivity index (χ3v) is 4.61. The highest BCUT2D eigenvalue weighted by Crippen LogP contribution is 2.14. The van der Waals surface area contributed by atoms with Gasteiger partial charge in [-0.15, -0.1) is 0 Å². The van der Waals surface area contributed by atoms with Gasteiger partial charge in [0.1, 0.15) is 11.5 Å². The van der Waals surface area contributed by atoms with Crippen molar-refractivity contribution in [2.45, 2.75) is 33.2 Å².